The number of rotatable bonds is 7. The van der Waals surface area contributed by atoms with Crippen molar-refractivity contribution in [1.29, 1.82) is 0 Å². The van der Waals surface area contributed by atoms with Gasteiger partial charge in [-0.3, -0.25) is 13.7 Å². The zero-order chi connectivity index (χ0) is 24.8. The monoisotopic (exact) mass is 540 g/mol. The van der Waals surface area contributed by atoms with Crippen molar-refractivity contribution in [2.24, 2.45) is 0 Å². The Morgan fingerprint density at radius 2 is 1.79 bits per heavy atom. The van der Waals surface area contributed by atoms with Crippen molar-refractivity contribution >= 4 is 43.5 Å². The molecule has 2 fully saturated rings. The van der Waals surface area contributed by atoms with Crippen LogP contribution in [0.1, 0.15) is 12.6 Å². The minimum atomic E-state index is -4.69. The average Bonchev–Trinajstić information content (AvgIpc) is 3.26. The Morgan fingerprint density at radius 3 is 2.44 bits per heavy atom. The first kappa shape index (κ1) is 25.9. The van der Waals surface area contributed by atoms with Crippen molar-refractivity contribution in [2.45, 2.75) is 31.0 Å². The lowest BCUT2D eigenvalue weighted by atomic mass is 10.1. The maximum Gasteiger partial charge on any atom is 0.335 e. The summed E-state index contributed by atoms with van der Waals surface area (Å²) in [5.74, 6) is -0.615. The molecule has 0 amide bonds. The van der Waals surface area contributed by atoms with E-state index >= 15 is 0 Å². The van der Waals surface area contributed by atoms with E-state index in [-0.39, 0.29) is 11.7 Å². The van der Waals surface area contributed by atoms with Gasteiger partial charge in [0.1, 0.15) is 18.1 Å². The molecule has 2 saturated heterocycles. The number of imidazole rings is 1. The lowest BCUT2D eigenvalue weighted by Gasteiger charge is -2.33. The van der Waals surface area contributed by atoms with Crippen LogP contribution < -0.4 is 4.90 Å². The van der Waals surface area contributed by atoms with Gasteiger partial charge in [-0.05, 0) is 25.1 Å². The molecule has 0 spiro atoms. The second-order valence-corrected chi connectivity index (χ2v) is 13.6. The molecule has 4 rings (SSSR count). The topological polar surface area (TPSA) is 195 Å². The fourth-order valence-corrected chi connectivity index (χ4v) is 7.87. The van der Waals surface area contributed by atoms with Crippen LogP contribution in [0.4, 0.5) is 5.82 Å². The highest BCUT2D eigenvalue weighted by Crippen LogP contribution is 2.55. The highest BCUT2D eigenvalue weighted by atomic mass is 35.5. The Balaban J connectivity index is 1.55. The van der Waals surface area contributed by atoms with Gasteiger partial charge in [-0.15, -0.1) is 0 Å². The number of ether oxygens (including phenoxy) is 1. The van der Waals surface area contributed by atoms with E-state index in [1.54, 1.807) is 0 Å². The first-order valence-corrected chi connectivity index (χ1v) is 14.8. The van der Waals surface area contributed by atoms with Crippen LogP contribution >= 0.6 is 26.6 Å². The molecule has 34 heavy (non-hydrogen) atoms. The number of hydrogen-bond acceptors (Lipinski definition) is 10. The summed E-state index contributed by atoms with van der Waals surface area (Å²) in [6, 6.07) is 0. The van der Waals surface area contributed by atoms with Crippen LogP contribution in [0.2, 0.25) is 5.28 Å². The summed E-state index contributed by atoms with van der Waals surface area (Å²) in [6.07, 6.45) is -4.29. The van der Waals surface area contributed by atoms with Gasteiger partial charge in [0.05, 0.1) is 12.4 Å². The van der Waals surface area contributed by atoms with Gasteiger partial charge in [-0.1, -0.05) is 0 Å². The second kappa shape index (κ2) is 9.70. The van der Waals surface area contributed by atoms with Gasteiger partial charge in [0.15, 0.2) is 23.2 Å². The van der Waals surface area contributed by atoms with E-state index in [9.17, 15) is 24.2 Å². The fourth-order valence-electron chi connectivity index (χ4n) is 4.19. The number of aliphatic hydroxyl groups excluding tert-OH is 2. The van der Waals surface area contributed by atoms with Gasteiger partial charge in [0, 0.05) is 32.3 Å². The van der Waals surface area contributed by atoms with Crippen LogP contribution in [0.5, 0.6) is 0 Å². The third-order valence-corrected chi connectivity index (χ3v) is 10.3. The summed E-state index contributed by atoms with van der Waals surface area (Å²) < 4.78 is 30.4. The first-order valence-electron chi connectivity index (χ1n) is 10.6. The number of nitrogens with zero attached hydrogens (tertiary/aromatic N) is 6. The Hall–Kier alpha value is -1.18. The Labute approximate surface area is 199 Å². The molecule has 17 heteroatoms. The predicted octanol–water partition coefficient (Wildman–Crippen LogP) is -0.354. The van der Waals surface area contributed by atoms with E-state index in [0.29, 0.717) is 30.1 Å². The lowest BCUT2D eigenvalue weighted by Crippen LogP contribution is -2.45. The van der Waals surface area contributed by atoms with E-state index in [1.165, 1.54) is 10.9 Å². The van der Waals surface area contributed by atoms with E-state index < -0.39 is 51.6 Å². The third-order valence-electron chi connectivity index (χ3n) is 5.96. The van der Waals surface area contributed by atoms with Crippen LogP contribution in [0.15, 0.2) is 6.33 Å². The second-order valence-electron chi connectivity index (χ2n) is 8.64. The van der Waals surface area contributed by atoms with Gasteiger partial charge < -0.3 is 39.4 Å². The number of anilines is 1. The number of aliphatic hydroxyl groups is 2. The smallest absolute Gasteiger partial charge is 0.335 e. The van der Waals surface area contributed by atoms with Crippen molar-refractivity contribution in [1.82, 2.24) is 24.4 Å². The molecule has 0 bridgehead atoms. The summed E-state index contributed by atoms with van der Waals surface area (Å²) >= 11 is 6.18. The molecule has 190 valence electrons. The number of hydrogen-bond donors (Lipinski definition) is 5. The minimum absolute atomic E-state index is 0.0218. The average molecular weight is 541 g/mol. The lowest BCUT2D eigenvalue weighted by molar-refractivity contribution is -0.0354. The molecule has 5 N–H and O–H groups in total. The molecular formula is C17H27ClN6O8P2. The van der Waals surface area contributed by atoms with Gasteiger partial charge >= 0.3 is 7.60 Å². The third kappa shape index (κ3) is 5.62. The molecule has 2 aromatic heterocycles. The van der Waals surface area contributed by atoms with Gasteiger partial charge in [-0.25, -0.2) is 4.98 Å². The Kier molecular flexibility index (Phi) is 7.39. The van der Waals surface area contributed by atoms with Crippen molar-refractivity contribution in [3.63, 3.8) is 0 Å². The van der Waals surface area contributed by atoms with Crippen molar-refractivity contribution in [3.8, 4) is 0 Å². The van der Waals surface area contributed by atoms with E-state index in [2.05, 4.69) is 19.9 Å². The minimum Gasteiger partial charge on any atom is -0.388 e. The van der Waals surface area contributed by atoms with E-state index in [1.807, 2.05) is 11.9 Å². The number of aromatic nitrogens is 4. The van der Waals surface area contributed by atoms with Crippen molar-refractivity contribution in [2.75, 3.05) is 50.2 Å². The number of fused-ring (bicyclic) bond motifs is 1. The van der Waals surface area contributed by atoms with Gasteiger partial charge in [0.2, 0.25) is 12.7 Å². The molecule has 3 unspecified atom stereocenters. The van der Waals surface area contributed by atoms with Crippen LogP contribution in [0, 0.1) is 0 Å². The van der Waals surface area contributed by atoms with Crippen LogP contribution in [0.25, 0.3) is 11.2 Å². The summed E-state index contributed by atoms with van der Waals surface area (Å²) in [5.41, 5.74) is 0.740. The zero-order valence-corrected chi connectivity index (χ0v) is 20.8. The number of halogens is 1. The molecule has 0 saturated carbocycles. The van der Waals surface area contributed by atoms with E-state index in [0.717, 1.165) is 13.1 Å². The molecule has 2 aliphatic rings. The first-order chi connectivity index (χ1) is 15.8. The Morgan fingerprint density at radius 1 is 1.12 bits per heavy atom. The highest BCUT2D eigenvalue weighted by Gasteiger charge is 2.45. The van der Waals surface area contributed by atoms with Crippen LogP contribution in [-0.2, 0) is 13.9 Å². The predicted molar refractivity (Wildman–Crippen MR) is 122 cm³/mol. The standard InChI is InChI=1S/C17H27ClN6O8P2/c1-22-3-5-23(6-4-22)14-11-15(21-17(18)20-14)24(8-19-11)16-13(26)12(25)10(32-16)2-7-33(27,28)9-34(29,30)31/h8,10,12-13,16,25-26H,2-7,9H2,1H3,(H,27,28)(H2,29,30,31)/t10-,12?,13?,16-/m1/s1. The molecule has 4 heterocycles. The Bertz CT molecular complexity index is 1140. The summed E-state index contributed by atoms with van der Waals surface area (Å²) in [5, 5.41) is 21.1. The number of likely N-dealkylation sites (N-methyl/N-ethyl adjacent to an activating group) is 1. The highest BCUT2D eigenvalue weighted by molar-refractivity contribution is 7.72. The summed E-state index contributed by atoms with van der Waals surface area (Å²) in [7, 11) is -6.83. The largest absolute Gasteiger partial charge is 0.388 e. The molecule has 14 nitrogen and oxygen atoms in total. The van der Waals surface area contributed by atoms with E-state index in [4.69, 9.17) is 26.1 Å². The molecular weight excluding hydrogens is 514 g/mol. The molecule has 2 aromatic rings. The zero-order valence-electron chi connectivity index (χ0n) is 18.3. The normalized spacial score (nSPS) is 28.5. The quantitative estimate of drug-likeness (QED) is 0.226. The number of piperazine rings is 1. The molecule has 2 aliphatic heterocycles. The molecule has 0 radical (unpaired) electrons. The SMILES string of the molecule is CN1CCN(c2nc(Cl)nc3c2ncn3[C@@H]2O[C@H](CCP(=O)(O)CP(=O)(O)O)C(O)C2O)CC1. The van der Waals surface area contributed by atoms with Crippen LogP contribution in [0.3, 0.4) is 0 Å². The van der Waals surface area contributed by atoms with Crippen molar-refractivity contribution in [3.05, 3.63) is 11.6 Å². The van der Waals surface area contributed by atoms with Crippen molar-refractivity contribution < 1.29 is 38.8 Å². The van der Waals surface area contributed by atoms with Gasteiger partial charge in [-0.2, -0.15) is 9.97 Å². The summed E-state index contributed by atoms with van der Waals surface area (Å²) in [6.45, 7) is 3.09. The van der Waals surface area contributed by atoms with Gasteiger partial charge in [0.25, 0.3) is 0 Å². The maximum absolute atomic E-state index is 12.1. The van der Waals surface area contributed by atoms with Crippen LogP contribution in [-0.4, -0.2) is 113 Å². The summed E-state index contributed by atoms with van der Waals surface area (Å²) in [4.78, 5) is 45.0. The maximum atomic E-state index is 12.1. The fraction of sp³-hybridized carbons (Fsp3) is 0.706. The molecule has 0 aliphatic carbocycles. The molecule has 5 atom stereocenters. The molecule has 0 aromatic carbocycles.